The quantitative estimate of drug-likeness (QED) is 0.639. The molecule has 2 rings (SSSR count). The fraction of sp³-hybridized carbons (Fsp3) is 0.667. The Kier molecular flexibility index (Phi) is 3.05. The Hall–Kier alpha value is -0.850. The first kappa shape index (κ1) is 11.6. The Morgan fingerprint density at radius 2 is 2.12 bits per heavy atom. The van der Waals surface area contributed by atoms with Gasteiger partial charge in [-0.1, -0.05) is 24.1 Å². The minimum absolute atomic E-state index is 0.218. The van der Waals surface area contributed by atoms with Crippen LogP contribution in [0.15, 0.2) is 23.8 Å². The van der Waals surface area contributed by atoms with Gasteiger partial charge in [-0.05, 0) is 44.9 Å². The second-order valence-electron chi connectivity index (χ2n) is 5.56. The van der Waals surface area contributed by atoms with Gasteiger partial charge in [-0.2, -0.15) is 0 Å². The Morgan fingerprint density at radius 1 is 1.44 bits per heavy atom. The Morgan fingerprint density at radius 3 is 2.81 bits per heavy atom. The van der Waals surface area contributed by atoms with E-state index in [1.54, 1.807) is 5.57 Å². The molecule has 0 heterocycles. The van der Waals surface area contributed by atoms with Crippen molar-refractivity contribution in [2.24, 2.45) is 11.3 Å². The molecule has 2 aliphatic carbocycles. The summed E-state index contributed by atoms with van der Waals surface area (Å²) in [5.41, 5.74) is 2.84. The lowest BCUT2D eigenvalue weighted by molar-refractivity contribution is -0.127. The molecular formula is C15H22O. The maximum atomic E-state index is 12.3. The van der Waals surface area contributed by atoms with E-state index >= 15 is 0 Å². The summed E-state index contributed by atoms with van der Waals surface area (Å²) in [6, 6.07) is 0. The van der Waals surface area contributed by atoms with Crippen LogP contribution in [0.5, 0.6) is 0 Å². The van der Waals surface area contributed by atoms with Gasteiger partial charge in [0.15, 0.2) is 0 Å². The van der Waals surface area contributed by atoms with E-state index in [2.05, 4.69) is 20.4 Å². The van der Waals surface area contributed by atoms with Crippen LogP contribution in [0.3, 0.4) is 0 Å². The molecule has 2 unspecified atom stereocenters. The number of ketones is 1. The molecule has 1 heteroatoms. The van der Waals surface area contributed by atoms with Crippen LogP contribution >= 0.6 is 0 Å². The molecule has 2 aliphatic rings. The highest BCUT2D eigenvalue weighted by atomic mass is 16.1. The van der Waals surface area contributed by atoms with Gasteiger partial charge >= 0.3 is 0 Å². The van der Waals surface area contributed by atoms with E-state index in [9.17, 15) is 4.79 Å². The molecule has 0 saturated heterocycles. The van der Waals surface area contributed by atoms with Crippen molar-refractivity contribution in [1.29, 1.82) is 0 Å². The fourth-order valence-corrected chi connectivity index (χ4v) is 3.42. The topological polar surface area (TPSA) is 17.1 Å². The van der Waals surface area contributed by atoms with E-state index in [0.29, 0.717) is 11.7 Å². The lowest BCUT2D eigenvalue weighted by Gasteiger charge is -2.41. The number of Topliss-reactive ketones (excluding diaryl/α,β-unsaturated/α-hetero) is 1. The molecular weight excluding hydrogens is 196 g/mol. The average Bonchev–Trinajstić information content (AvgIpc) is 2.27. The summed E-state index contributed by atoms with van der Waals surface area (Å²) >= 11 is 0. The zero-order valence-electron chi connectivity index (χ0n) is 10.5. The average molecular weight is 218 g/mol. The molecule has 0 amide bonds. The minimum atomic E-state index is -0.218. The monoisotopic (exact) mass is 218 g/mol. The molecule has 0 bridgehead atoms. The summed E-state index contributed by atoms with van der Waals surface area (Å²) in [5.74, 6) is 0.918. The summed E-state index contributed by atoms with van der Waals surface area (Å²) in [5, 5.41) is 0. The first-order valence-corrected chi connectivity index (χ1v) is 6.46. The summed E-state index contributed by atoms with van der Waals surface area (Å²) in [7, 11) is 0. The summed E-state index contributed by atoms with van der Waals surface area (Å²) in [6.07, 6.45) is 8.38. The molecule has 16 heavy (non-hydrogen) atoms. The number of hydrogen-bond acceptors (Lipinski definition) is 1. The maximum Gasteiger partial charge on any atom is 0.143 e. The van der Waals surface area contributed by atoms with Crippen LogP contribution in [0.4, 0.5) is 0 Å². The third-order valence-electron chi connectivity index (χ3n) is 4.43. The van der Waals surface area contributed by atoms with Crippen LogP contribution in [-0.4, -0.2) is 5.78 Å². The molecule has 0 N–H and O–H groups in total. The molecule has 0 aromatic heterocycles. The van der Waals surface area contributed by atoms with E-state index in [1.807, 2.05) is 6.08 Å². The van der Waals surface area contributed by atoms with Crippen molar-refractivity contribution in [1.82, 2.24) is 0 Å². The molecule has 1 nitrogen and oxygen atoms in total. The third kappa shape index (κ3) is 1.66. The molecule has 0 aromatic rings. The van der Waals surface area contributed by atoms with E-state index in [-0.39, 0.29) is 5.41 Å². The van der Waals surface area contributed by atoms with Crippen molar-refractivity contribution >= 4 is 5.78 Å². The van der Waals surface area contributed by atoms with E-state index in [4.69, 9.17) is 0 Å². The highest BCUT2D eigenvalue weighted by Gasteiger charge is 2.42. The first-order chi connectivity index (χ1) is 7.59. The maximum absolute atomic E-state index is 12.3. The normalized spacial score (nSPS) is 34.9. The van der Waals surface area contributed by atoms with E-state index in [1.165, 1.54) is 24.8 Å². The van der Waals surface area contributed by atoms with Gasteiger partial charge in [0, 0.05) is 6.42 Å². The van der Waals surface area contributed by atoms with Crippen molar-refractivity contribution in [3.63, 3.8) is 0 Å². The zero-order chi connectivity index (χ0) is 11.8. The fourth-order valence-electron chi connectivity index (χ4n) is 3.42. The van der Waals surface area contributed by atoms with E-state index < -0.39 is 0 Å². The van der Waals surface area contributed by atoms with Gasteiger partial charge in [-0.25, -0.2) is 0 Å². The van der Waals surface area contributed by atoms with Gasteiger partial charge in [0.05, 0.1) is 5.41 Å². The second kappa shape index (κ2) is 4.20. The third-order valence-corrected chi connectivity index (χ3v) is 4.43. The SMILES string of the molecule is C=CCC1(C)C(=O)CC(C)C2=C1CCCC2. The highest BCUT2D eigenvalue weighted by molar-refractivity contribution is 5.90. The molecule has 0 saturated carbocycles. The highest BCUT2D eigenvalue weighted by Crippen LogP contribution is 2.48. The predicted octanol–water partition coefficient (Wildman–Crippen LogP) is 4.05. The molecule has 0 aliphatic heterocycles. The van der Waals surface area contributed by atoms with Gasteiger partial charge in [0.1, 0.15) is 5.78 Å². The summed E-state index contributed by atoms with van der Waals surface area (Å²) < 4.78 is 0. The molecule has 0 radical (unpaired) electrons. The zero-order valence-corrected chi connectivity index (χ0v) is 10.5. The number of allylic oxidation sites excluding steroid dienone is 3. The number of rotatable bonds is 2. The van der Waals surface area contributed by atoms with Crippen molar-refractivity contribution in [2.75, 3.05) is 0 Å². The van der Waals surface area contributed by atoms with Gasteiger partial charge in [0.2, 0.25) is 0 Å². The molecule has 0 spiro atoms. The van der Waals surface area contributed by atoms with Crippen molar-refractivity contribution in [2.45, 2.75) is 52.4 Å². The lowest BCUT2D eigenvalue weighted by atomic mass is 9.62. The molecule has 0 aromatic carbocycles. The van der Waals surface area contributed by atoms with Crippen LogP contribution in [0, 0.1) is 11.3 Å². The van der Waals surface area contributed by atoms with Gasteiger partial charge in [-0.3, -0.25) is 4.79 Å². The standard InChI is InChI=1S/C15H22O/c1-4-9-15(3)13-8-6-5-7-12(13)11(2)10-14(15)16/h4,11H,1,5-10H2,2-3H3. The summed E-state index contributed by atoms with van der Waals surface area (Å²) in [4.78, 5) is 12.3. The van der Waals surface area contributed by atoms with Gasteiger partial charge < -0.3 is 0 Å². The lowest BCUT2D eigenvalue weighted by Crippen LogP contribution is -2.37. The van der Waals surface area contributed by atoms with Crippen LogP contribution in [0.2, 0.25) is 0 Å². The largest absolute Gasteiger partial charge is 0.299 e. The number of carbonyl (C=O) groups is 1. The van der Waals surface area contributed by atoms with Crippen molar-refractivity contribution < 1.29 is 4.79 Å². The first-order valence-electron chi connectivity index (χ1n) is 6.46. The van der Waals surface area contributed by atoms with Crippen LogP contribution in [0.25, 0.3) is 0 Å². The number of carbonyl (C=O) groups excluding carboxylic acids is 1. The predicted molar refractivity (Wildman–Crippen MR) is 67.2 cm³/mol. The van der Waals surface area contributed by atoms with Crippen LogP contribution in [0.1, 0.15) is 52.4 Å². The van der Waals surface area contributed by atoms with E-state index in [0.717, 1.165) is 19.3 Å². The Labute approximate surface area is 98.6 Å². The smallest absolute Gasteiger partial charge is 0.143 e. The van der Waals surface area contributed by atoms with Gasteiger partial charge in [0.25, 0.3) is 0 Å². The second-order valence-corrected chi connectivity index (χ2v) is 5.56. The van der Waals surface area contributed by atoms with Crippen LogP contribution < -0.4 is 0 Å². The van der Waals surface area contributed by atoms with Gasteiger partial charge in [-0.15, -0.1) is 6.58 Å². The van der Waals surface area contributed by atoms with Crippen LogP contribution in [-0.2, 0) is 4.79 Å². The molecule has 0 fully saturated rings. The Balaban J connectivity index is 2.45. The minimum Gasteiger partial charge on any atom is -0.299 e. The van der Waals surface area contributed by atoms with Crippen molar-refractivity contribution in [3.05, 3.63) is 23.8 Å². The van der Waals surface area contributed by atoms with Crippen molar-refractivity contribution in [3.8, 4) is 0 Å². The molecule has 88 valence electrons. The Bertz CT molecular complexity index is 350. The number of hydrogen-bond donors (Lipinski definition) is 0. The molecule has 2 atom stereocenters. The summed E-state index contributed by atoms with van der Waals surface area (Å²) in [6.45, 7) is 8.16.